The first-order chi connectivity index (χ1) is 5.76. The van der Waals surface area contributed by atoms with E-state index in [2.05, 4.69) is 32.6 Å². The molecule has 0 radical (unpaired) electrons. The van der Waals surface area contributed by atoms with Gasteiger partial charge >= 0.3 is 0 Å². The molecule has 1 aliphatic rings. The molecule has 12 heavy (non-hydrogen) atoms. The van der Waals surface area contributed by atoms with Crippen LogP contribution in [0.1, 0.15) is 40.5 Å². The molecule has 72 valence electrons. The van der Waals surface area contributed by atoms with E-state index in [0.717, 1.165) is 6.42 Å². The summed E-state index contributed by atoms with van der Waals surface area (Å²) in [5, 5.41) is 0. The van der Waals surface area contributed by atoms with Crippen LogP contribution in [0.5, 0.6) is 0 Å². The predicted molar refractivity (Wildman–Crippen MR) is 50.5 cm³/mol. The summed E-state index contributed by atoms with van der Waals surface area (Å²) in [4.78, 5) is 9.49. The maximum atomic E-state index is 4.89. The molecule has 0 saturated heterocycles. The Balaban J connectivity index is 0.000000354. The van der Waals surface area contributed by atoms with E-state index in [1.165, 1.54) is 6.42 Å². The van der Waals surface area contributed by atoms with Gasteiger partial charge in [-0.3, -0.25) is 0 Å². The van der Waals surface area contributed by atoms with Gasteiger partial charge in [0.2, 0.25) is 0 Å². The van der Waals surface area contributed by atoms with Gasteiger partial charge in [0.1, 0.15) is 12.4 Å². The molecule has 0 aliphatic carbocycles. The van der Waals surface area contributed by atoms with Crippen molar-refractivity contribution in [2.45, 2.75) is 46.6 Å². The molecule has 2 unspecified atom stereocenters. The van der Waals surface area contributed by atoms with Crippen molar-refractivity contribution in [3.8, 4) is 0 Å². The van der Waals surface area contributed by atoms with Gasteiger partial charge in [-0.25, -0.2) is 0 Å². The fraction of sp³-hybridized carbons (Fsp3) is 0.800. The average molecular weight is 172 g/mol. The minimum absolute atomic E-state index is 0.176. The van der Waals surface area contributed by atoms with Crippen LogP contribution in [-0.2, 0) is 9.78 Å². The lowest BCUT2D eigenvalue weighted by molar-refractivity contribution is -0.261. The molecule has 0 amide bonds. The first-order valence-electron chi connectivity index (χ1n) is 4.74. The summed E-state index contributed by atoms with van der Waals surface area (Å²) in [5.74, 6) is 0.559. The summed E-state index contributed by atoms with van der Waals surface area (Å²) in [6.45, 7) is 8.53. The van der Waals surface area contributed by atoms with Gasteiger partial charge in [-0.15, -0.1) is 0 Å². The van der Waals surface area contributed by atoms with Crippen LogP contribution in [0.25, 0.3) is 0 Å². The molecule has 1 heterocycles. The molecular formula is C10H20O2. The number of hydrogen-bond acceptors (Lipinski definition) is 2. The van der Waals surface area contributed by atoms with Gasteiger partial charge in [0.15, 0.2) is 0 Å². The number of rotatable bonds is 2. The van der Waals surface area contributed by atoms with Crippen molar-refractivity contribution in [3.05, 3.63) is 12.3 Å². The highest BCUT2D eigenvalue weighted by Gasteiger charge is 2.17. The molecule has 2 atom stereocenters. The van der Waals surface area contributed by atoms with Gasteiger partial charge in [-0.1, -0.05) is 40.5 Å². The van der Waals surface area contributed by atoms with Crippen molar-refractivity contribution in [2.75, 3.05) is 0 Å². The van der Waals surface area contributed by atoms with Crippen molar-refractivity contribution in [1.29, 1.82) is 0 Å². The molecule has 0 spiro atoms. The molecule has 0 bridgehead atoms. The van der Waals surface area contributed by atoms with Gasteiger partial charge < -0.3 is 4.89 Å². The molecule has 0 fully saturated rings. The fourth-order valence-electron chi connectivity index (χ4n) is 0.755. The van der Waals surface area contributed by atoms with Crippen LogP contribution < -0.4 is 0 Å². The third-order valence-corrected chi connectivity index (χ3v) is 1.70. The maximum Gasteiger partial charge on any atom is 0.129 e. The van der Waals surface area contributed by atoms with E-state index in [0.29, 0.717) is 5.92 Å². The maximum absolute atomic E-state index is 4.89. The number of hydrogen-bond donors (Lipinski definition) is 0. The Morgan fingerprint density at radius 2 is 1.92 bits per heavy atom. The van der Waals surface area contributed by atoms with Gasteiger partial charge in [0, 0.05) is 0 Å². The van der Waals surface area contributed by atoms with E-state index in [1.54, 1.807) is 6.26 Å². The van der Waals surface area contributed by atoms with E-state index in [9.17, 15) is 0 Å². The zero-order valence-electron chi connectivity index (χ0n) is 8.54. The third kappa shape index (κ3) is 4.39. The second-order valence-electron chi connectivity index (χ2n) is 3.08. The van der Waals surface area contributed by atoms with Crippen molar-refractivity contribution in [1.82, 2.24) is 0 Å². The van der Waals surface area contributed by atoms with Crippen LogP contribution in [-0.4, -0.2) is 6.10 Å². The molecule has 1 rings (SSSR count). The molecule has 0 N–H and O–H groups in total. The second-order valence-corrected chi connectivity index (χ2v) is 3.08. The highest BCUT2D eigenvalue weighted by Crippen LogP contribution is 2.16. The van der Waals surface area contributed by atoms with Crippen molar-refractivity contribution >= 4 is 0 Å². The lowest BCUT2D eigenvalue weighted by atomic mass is 10.0. The standard InChI is InChI=1S/C7H12O2.C3H8/c1-3-6(2)7-4-5-8-9-7;1-3-2/h4-7H,3H2,1-2H3;3H2,1-2H3. The lowest BCUT2D eigenvalue weighted by Crippen LogP contribution is -2.14. The summed E-state index contributed by atoms with van der Waals surface area (Å²) >= 11 is 0. The minimum atomic E-state index is 0.176. The quantitative estimate of drug-likeness (QED) is 0.595. The smallest absolute Gasteiger partial charge is 0.129 e. The summed E-state index contributed by atoms with van der Waals surface area (Å²) in [6.07, 6.45) is 6.08. The summed E-state index contributed by atoms with van der Waals surface area (Å²) in [7, 11) is 0. The summed E-state index contributed by atoms with van der Waals surface area (Å²) in [5.41, 5.74) is 0. The van der Waals surface area contributed by atoms with E-state index in [-0.39, 0.29) is 6.10 Å². The summed E-state index contributed by atoms with van der Waals surface area (Å²) < 4.78 is 0. The van der Waals surface area contributed by atoms with Crippen LogP contribution in [0, 0.1) is 5.92 Å². The fourth-order valence-corrected chi connectivity index (χ4v) is 0.755. The third-order valence-electron chi connectivity index (χ3n) is 1.70. The highest BCUT2D eigenvalue weighted by atomic mass is 17.2. The molecule has 2 heteroatoms. The Kier molecular flexibility index (Phi) is 6.87. The average Bonchev–Trinajstić information content (AvgIpc) is 2.56. The zero-order chi connectivity index (χ0) is 9.40. The van der Waals surface area contributed by atoms with Gasteiger partial charge in [-0.05, 0) is 12.0 Å². The van der Waals surface area contributed by atoms with Gasteiger partial charge in [-0.2, -0.15) is 4.89 Å². The second kappa shape index (κ2) is 7.17. The molecule has 0 saturated carbocycles. The molecule has 0 aromatic heterocycles. The lowest BCUT2D eigenvalue weighted by Gasteiger charge is -2.11. The van der Waals surface area contributed by atoms with Crippen LogP contribution in [0.15, 0.2) is 12.3 Å². The largest absolute Gasteiger partial charge is 0.345 e. The molecule has 0 aromatic rings. The van der Waals surface area contributed by atoms with Crippen LogP contribution in [0.2, 0.25) is 0 Å². The Bertz CT molecular complexity index is 121. The Labute approximate surface area is 75.5 Å². The first kappa shape index (κ1) is 11.5. The topological polar surface area (TPSA) is 18.5 Å². The van der Waals surface area contributed by atoms with Crippen LogP contribution in [0.3, 0.4) is 0 Å². The molecular weight excluding hydrogens is 152 g/mol. The minimum Gasteiger partial charge on any atom is -0.345 e. The van der Waals surface area contributed by atoms with Gasteiger partial charge in [0.25, 0.3) is 0 Å². The predicted octanol–water partition coefficient (Wildman–Crippen LogP) is 3.29. The molecule has 0 aromatic carbocycles. The normalized spacial score (nSPS) is 22.5. The molecule has 1 aliphatic heterocycles. The Morgan fingerprint density at radius 1 is 1.33 bits per heavy atom. The molecule has 2 nitrogen and oxygen atoms in total. The van der Waals surface area contributed by atoms with E-state index in [4.69, 9.17) is 4.89 Å². The zero-order valence-corrected chi connectivity index (χ0v) is 8.54. The van der Waals surface area contributed by atoms with Gasteiger partial charge in [0.05, 0.1) is 0 Å². The first-order valence-corrected chi connectivity index (χ1v) is 4.74. The highest BCUT2D eigenvalue weighted by molar-refractivity contribution is 4.89. The Hall–Kier alpha value is -0.500. The van der Waals surface area contributed by atoms with E-state index < -0.39 is 0 Å². The van der Waals surface area contributed by atoms with Crippen molar-refractivity contribution in [2.24, 2.45) is 5.92 Å². The monoisotopic (exact) mass is 172 g/mol. The van der Waals surface area contributed by atoms with Crippen LogP contribution >= 0.6 is 0 Å². The van der Waals surface area contributed by atoms with E-state index in [1.807, 2.05) is 6.08 Å². The Morgan fingerprint density at radius 3 is 2.25 bits per heavy atom. The summed E-state index contributed by atoms with van der Waals surface area (Å²) in [6, 6.07) is 0. The van der Waals surface area contributed by atoms with E-state index >= 15 is 0 Å². The van der Waals surface area contributed by atoms with Crippen LogP contribution in [0.4, 0.5) is 0 Å². The SMILES string of the molecule is CCC.CCC(C)C1C=COO1. The van der Waals surface area contributed by atoms with Crippen molar-refractivity contribution in [3.63, 3.8) is 0 Å². The van der Waals surface area contributed by atoms with Crippen molar-refractivity contribution < 1.29 is 9.78 Å².